The quantitative estimate of drug-likeness (QED) is 0.906. The molecule has 0 bridgehead atoms. The number of carbonyl (C=O) groups excluding carboxylic acids is 2. The summed E-state index contributed by atoms with van der Waals surface area (Å²) < 4.78 is 0. The monoisotopic (exact) mass is 350 g/mol. The van der Waals surface area contributed by atoms with Crippen LogP contribution < -0.4 is 0 Å². The number of benzene rings is 2. The van der Waals surface area contributed by atoms with E-state index in [1.807, 2.05) is 62.4 Å². The predicted molar refractivity (Wildman–Crippen MR) is 100 cm³/mol. The molecule has 1 saturated heterocycles. The average molecular weight is 350 g/mol. The van der Waals surface area contributed by atoms with Gasteiger partial charge >= 0.3 is 6.03 Å². The fourth-order valence-electron chi connectivity index (χ4n) is 3.11. The Bertz CT molecular complexity index is 811. The highest BCUT2D eigenvalue weighted by molar-refractivity contribution is 6.04. The van der Waals surface area contributed by atoms with Gasteiger partial charge in [-0.15, -0.1) is 0 Å². The molecule has 0 saturated carbocycles. The molecule has 1 aliphatic heterocycles. The smallest absolute Gasteiger partial charge is 0.330 e. The van der Waals surface area contributed by atoms with Gasteiger partial charge in [0.1, 0.15) is 0 Å². The van der Waals surface area contributed by atoms with E-state index >= 15 is 0 Å². The first-order valence-corrected chi connectivity index (χ1v) is 8.43. The van der Waals surface area contributed by atoms with Crippen molar-refractivity contribution in [3.63, 3.8) is 0 Å². The first-order valence-electron chi connectivity index (χ1n) is 8.43. The van der Waals surface area contributed by atoms with Crippen LogP contribution in [0.3, 0.4) is 0 Å². The summed E-state index contributed by atoms with van der Waals surface area (Å²) in [5, 5.41) is 10.7. The van der Waals surface area contributed by atoms with Crippen LogP contribution in [0.25, 0.3) is 5.57 Å². The molecule has 134 valence electrons. The van der Waals surface area contributed by atoms with Crippen LogP contribution in [0.2, 0.25) is 0 Å². The lowest BCUT2D eigenvalue weighted by molar-refractivity contribution is -0.137. The molecule has 0 radical (unpaired) electrons. The molecule has 1 aliphatic rings. The number of likely N-dealkylation sites (N-methyl/N-ethyl adjacent to an activating group) is 2. The number of aliphatic hydroxyl groups excluding tert-OH is 1. The molecule has 5 heteroatoms. The van der Waals surface area contributed by atoms with Crippen molar-refractivity contribution in [1.29, 1.82) is 0 Å². The van der Waals surface area contributed by atoms with Crippen LogP contribution in [0, 0.1) is 13.8 Å². The number of imide groups is 1. The van der Waals surface area contributed by atoms with E-state index in [0.717, 1.165) is 27.2 Å². The van der Waals surface area contributed by atoms with E-state index in [9.17, 15) is 14.7 Å². The number of urea groups is 1. The molecule has 26 heavy (non-hydrogen) atoms. The maximum absolute atomic E-state index is 12.5. The zero-order chi connectivity index (χ0) is 19.0. The standard InChI is InChI=1S/C21H22N2O3/c1-13-5-9-15(10-6-13)17(16-11-7-14(2)8-12-16)18-19(24)20(25)23(4)21(26)22(18)3/h5-12,19,24H,1-4H3. The van der Waals surface area contributed by atoms with Crippen LogP contribution in [-0.2, 0) is 4.79 Å². The van der Waals surface area contributed by atoms with E-state index in [1.54, 1.807) is 7.05 Å². The zero-order valence-corrected chi connectivity index (χ0v) is 15.4. The van der Waals surface area contributed by atoms with Gasteiger partial charge in [-0.1, -0.05) is 59.7 Å². The molecule has 2 aromatic rings. The maximum Gasteiger partial charge on any atom is 0.330 e. The van der Waals surface area contributed by atoms with E-state index in [1.165, 1.54) is 11.9 Å². The predicted octanol–water partition coefficient (Wildman–Crippen LogP) is 2.95. The van der Waals surface area contributed by atoms with Gasteiger partial charge in [0, 0.05) is 19.7 Å². The normalized spacial score (nSPS) is 17.7. The van der Waals surface area contributed by atoms with E-state index in [2.05, 4.69) is 0 Å². The molecule has 0 spiro atoms. The Hall–Kier alpha value is -2.92. The van der Waals surface area contributed by atoms with Gasteiger partial charge in [-0.05, 0) is 25.0 Å². The SMILES string of the molecule is Cc1ccc(C(=C2C(O)C(=O)N(C)C(=O)N2C)c2ccc(C)cc2)cc1. The lowest BCUT2D eigenvalue weighted by atomic mass is 9.91. The molecule has 0 aromatic heterocycles. The van der Waals surface area contributed by atoms with Gasteiger partial charge in [-0.2, -0.15) is 0 Å². The zero-order valence-electron chi connectivity index (χ0n) is 15.4. The van der Waals surface area contributed by atoms with Crippen molar-refractivity contribution in [2.45, 2.75) is 20.0 Å². The Labute approximate surface area is 153 Å². The minimum Gasteiger partial charge on any atom is -0.377 e. The molecule has 1 heterocycles. The van der Waals surface area contributed by atoms with E-state index in [-0.39, 0.29) is 0 Å². The van der Waals surface area contributed by atoms with Crippen molar-refractivity contribution in [3.05, 3.63) is 76.5 Å². The summed E-state index contributed by atoms with van der Waals surface area (Å²) >= 11 is 0. The molecule has 1 fully saturated rings. The van der Waals surface area contributed by atoms with Crippen molar-refractivity contribution in [2.24, 2.45) is 0 Å². The Morgan fingerprint density at radius 3 is 1.65 bits per heavy atom. The molecule has 0 aliphatic carbocycles. The number of rotatable bonds is 2. The van der Waals surface area contributed by atoms with Crippen molar-refractivity contribution in [2.75, 3.05) is 14.1 Å². The Balaban J connectivity index is 2.29. The Kier molecular flexibility index (Phi) is 4.66. The fourth-order valence-corrected chi connectivity index (χ4v) is 3.11. The molecule has 1 N–H and O–H groups in total. The van der Waals surface area contributed by atoms with Crippen LogP contribution in [-0.4, -0.2) is 47.0 Å². The second-order valence-electron chi connectivity index (χ2n) is 6.63. The highest BCUT2D eigenvalue weighted by Crippen LogP contribution is 2.33. The molecule has 3 rings (SSSR count). The number of hydrogen-bond donors (Lipinski definition) is 1. The number of hydrogen-bond acceptors (Lipinski definition) is 3. The fraction of sp³-hybridized carbons (Fsp3) is 0.238. The van der Waals surface area contributed by atoms with Gasteiger partial charge in [-0.25, -0.2) is 4.79 Å². The van der Waals surface area contributed by atoms with Crippen molar-refractivity contribution < 1.29 is 14.7 Å². The van der Waals surface area contributed by atoms with Crippen LogP contribution in [0.5, 0.6) is 0 Å². The van der Waals surface area contributed by atoms with E-state index in [4.69, 9.17) is 0 Å². The number of amides is 3. The largest absolute Gasteiger partial charge is 0.377 e. The van der Waals surface area contributed by atoms with Crippen LogP contribution >= 0.6 is 0 Å². The minimum atomic E-state index is -1.40. The van der Waals surface area contributed by atoms with Gasteiger partial charge in [-0.3, -0.25) is 14.6 Å². The van der Waals surface area contributed by atoms with Gasteiger partial charge < -0.3 is 5.11 Å². The molecule has 1 unspecified atom stereocenters. The number of carbonyl (C=O) groups is 2. The number of nitrogens with zero attached hydrogens (tertiary/aromatic N) is 2. The van der Waals surface area contributed by atoms with Crippen LogP contribution in [0.15, 0.2) is 54.2 Å². The highest BCUT2D eigenvalue weighted by atomic mass is 16.3. The molecule has 1 atom stereocenters. The molecule has 3 amide bonds. The third-order valence-corrected chi connectivity index (χ3v) is 4.70. The highest BCUT2D eigenvalue weighted by Gasteiger charge is 2.40. The summed E-state index contributed by atoms with van der Waals surface area (Å²) in [4.78, 5) is 27.1. The van der Waals surface area contributed by atoms with Crippen molar-refractivity contribution in [3.8, 4) is 0 Å². The van der Waals surface area contributed by atoms with E-state index in [0.29, 0.717) is 11.3 Å². The average Bonchev–Trinajstić information content (AvgIpc) is 2.64. The van der Waals surface area contributed by atoms with Crippen molar-refractivity contribution in [1.82, 2.24) is 9.80 Å². The third-order valence-electron chi connectivity index (χ3n) is 4.70. The molecular formula is C21H22N2O3. The Morgan fingerprint density at radius 2 is 1.23 bits per heavy atom. The summed E-state index contributed by atoms with van der Waals surface area (Å²) in [5.74, 6) is -0.625. The lowest BCUT2D eigenvalue weighted by Crippen LogP contribution is -2.55. The number of aryl methyl sites for hydroxylation is 2. The number of aliphatic hydroxyl groups is 1. The first kappa shape index (κ1) is 17.9. The Morgan fingerprint density at radius 1 is 0.808 bits per heavy atom. The van der Waals surface area contributed by atoms with Crippen LogP contribution in [0.1, 0.15) is 22.3 Å². The third kappa shape index (κ3) is 3.02. The van der Waals surface area contributed by atoms with Gasteiger partial charge in [0.05, 0.1) is 5.70 Å². The summed E-state index contributed by atoms with van der Waals surface area (Å²) in [7, 11) is 2.95. The first-order chi connectivity index (χ1) is 12.3. The molecule has 2 aromatic carbocycles. The maximum atomic E-state index is 12.5. The van der Waals surface area contributed by atoms with Gasteiger partial charge in [0.25, 0.3) is 5.91 Å². The topological polar surface area (TPSA) is 60.9 Å². The summed E-state index contributed by atoms with van der Waals surface area (Å²) in [6.07, 6.45) is -1.40. The second-order valence-corrected chi connectivity index (χ2v) is 6.63. The summed E-state index contributed by atoms with van der Waals surface area (Å²) in [6, 6.07) is 15.1. The van der Waals surface area contributed by atoms with Gasteiger partial charge in [0.15, 0.2) is 6.10 Å². The van der Waals surface area contributed by atoms with Crippen LogP contribution in [0.4, 0.5) is 4.79 Å². The molecular weight excluding hydrogens is 328 g/mol. The van der Waals surface area contributed by atoms with E-state index < -0.39 is 18.0 Å². The summed E-state index contributed by atoms with van der Waals surface area (Å²) in [5.41, 5.74) is 4.86. The van der Waals surface area contributed by atoms with Crippen molar-refractivity contribution >= 4 is 17.5 Å². The second kappa shape index (κ2) is 6.77. The summed E-state index contributed by atoms with van der Waals surface area (Å²) in [6.45, 7) is 3.98. The molecule has 5 nitrogen and oxygen atoms in total. The van der Waals surface area contributed by atoms with Gasteiger partial charge in [0.2, 0.25) is 0 Å². The minimum absolute atomic E-state index is 0.297. The lowest BCUT2D eigenvalue weighted by Gasteiger charge is -2.36.